The number of allylic oxidation sites excluding steroid dienone is 1. The maximum absolute atomic E-state index is 11.5. The van der Waals surface area contributed by atoms with E-state index >= 15 is 0 Å². The lowest BCUT2D eigenvalue weighted by atomic mass is 10.1. The van der Waals surface area contributed by atoms with Crippen LogP contribution in [0.4, 0.5) is 0 Å². The van der Waals surface area contributed by atoms with Crippen molar-refractivity contribution < 1.29 is 19.1 Å². The predicted octanol–water partition coefficient (Wildman–Crippen LogP) is 1.59. The van der Waals surface area contributed by atoms with E-state index in [1.54, 1.807) is 30.3 Å². The zero-order valence-corrected chi connectivity index (χ0v) is 12.0. The molecule has 110 valence electrons. The summed E-state index contributed by atoms with van der Waals surface area (Å²) in [4.78, 5) is 23.0. The van der Waals surface area contributed by atoms with E-state index in [4.69, 9.17) is 32.1 Å². The summed E-state index contributed by atoms with van der Waals surface area (Å²) in [6.07, 6.45) is 0. The van der Waals surface area contributed by atoms with Crippen LogP contribution in [0.5, 0.6) is 5.75 Å². The quantitative estimate of drug-likeness (QED) is 0.486. The van der Waals surface area contributed by atoms with Gasteiger partial charge in [0.15, 0.2) is 13.2 Å². The van der Waals surface area contributed by atoms with E-state index in [1.165, 1.54) is 6.92 Å². The summed E-state index contributed by atoms with van der Waals surface area (Å²) in [5.74, 6) is -0.944. The first-order chi connectivity index (χ1) is 9.93. The zero-order chi connectivity index (χ0) is 15.8. The molecule has 1 rings (SSSR count). The van der Waals surface area contributed by atoms with Crippen LogP contribution in [0, 0.1) is 11.3 Å². The molecular formula is C14H13ClN2O4. The van der Waals surface area contributed by atoms with Crippen LogP contribution in [0.25, 0.3) is 0 Å². The van der Waals surface area contributed by atoms with E-state index in [9.17, 15) is 9.59 Å². The SMILES string of the molecule is C/C(N)=C(/C#N)C(=O)COC(=O)COc1ccc(Cl)cc1. The van der Waals surface area contributed by atoms with Crippen LogP contribution < -0.4 is 10.5 Å². The van der Waals surface area contributed by atoms with Crippen LogP contribution in [0.2, 0.25) is 5.02 Å². The standard InChI is InChI=1S/C14H13ClN2O4/c1-9(17)12(6-16)13(18)7-21-14(19)8-20-11-4-2-10(15)3-5-11/h2-5H,7-8,17H2,1H3/b12-9+. The van der Waals surface area contributed by atoms with Gasteiger partial charge in [-0.25, -0.2) is 4.79 Å². The maximum atomic E-state index is 11.5. The molecule has 0 heterocycles. The second-order valence-corrected chi connectivity index (χ2v) is 4.43. The molecule has 0 saturated carbocycles. The van der Waals surface area contributed by atoms with E-state index < -0.39 is 18.4 Å². The maximum Gasteiger partial charge on any atom is 0.344 e. The van der Waals surface area contributed by atoms with Gasteiger partial charge in [0.1, 0.15) is 17.4 Å². The predicted molar refractivity (Wildman–Crippen MR) is 75.4 cm³/mol. The van der Waals surface area contributed by atoms with Gasteiger partial charge in [0.2, 0.25) is 5.78 Å². The number of ketones is 1. The molecule has 0 radical (unpaired) electrons. The molecule has 0 bridgehead atoms. The van der Waals surface area contributed by atoms with E-state index in [1.807, 2.05) is 0 Å². The van der Waals surface area contributed by atoms with Crippen LogP contribution in [-0.2, 0) is 14.3 Å². The number of carbonyl (C=O) groups excluding carboxylic acids is 2. The molecule has 2 N–H and O–H groups in total. The van der Waals surface area contributed by atoms with Gasteiger partial charge in [0, 0.05) is 10.7 Å². The van der Waals surface area contributed by atoms with Crippen molar-refractivity contribution in [1.82, 2.24) is 0 Å². The van der Waals surface area contributed by atoms with E-state index in [2.05, 4.69) is 0 Å². The molecule has 6 nitrogen and oxygen atoms in total. The van der Waals surface area contributed by atoms with Gasteiger partial charge in [0.25, 0.3) is 0 Å². The van der Waals surface area contributed by atoms with Gasteiger partial charge in [-0.2, -0.15) is 5.26 Å². The molecule has 1 aromatic rings. The minimum absolute atomic E-state index is 0.0796. The third-order valence-electron chi connectivity index (χ3n) is 2.32. The van der Waals surface area contributed by atoms with Crippen molar-refractivity contribution in [3.8, 4) is 11.8 Å². The summed E-state index contributed by atoms with van der Waals surface area (Å²) in [6.45, 7) is 0.504. The zero-order valence-electron chi connectivity index (χ0n) is 11.3. The number of ether oxygens (including phenoxy) is 2. The van der Waals surface area contributed by atoms with Crippen molar-refractivity contribution in [2.75, 3.05) is 13.2 Å². The number of benzene rings is 1. The molecule has 0 fully saturated rings. The molecule has 0 aliphatic carbocycles. The highest BCUT2D eigenvalue weighted by atomic mass is 35.5. The van der Waals surface area contributed by atoms with Gasteiger partial charge < -0.3 is 15.2 Å². The number of hydrogen-bond acceptors (Lipinski definition) is 6. The molecule has 0 saturated heterocycles. The molecule has 0 spiro atoms. The third kappa shape index (κ3) is 5.55. The number of hydrogen-bond donors (Lipinski definition) is 1. The molecule has 0 aliphatic heterocycles. The molecule has 0 aromatic heterocycles. The number of rotatable bonds is 6. The third-order valence-corrected chi connectivity index (χ3v) is 2.57. The van der Waals surface area contributed by atoms with Gasteiger partial charge in [-0.3, -0.25) is 4.79 Å². The van der Waals surface area contributed by atoms with Crippen molar-refractivity contribution in [3.05, 3.63) is 40.6 Å². The number of carbonyl (C=O) groups is 2. The monoisotopic (exact) mass is 308 g/mol. The summed E-state index contributed by atoms with van der Waals surface area (Å²) in [7, 11) is 0. The van der Waals surface area contributed by atoms with Crippen molar-refractivity contribution >= 4 is 23.4 Å². The lowest BCUT2D eigenvalue weighted by molar-refractivity contribution is -0.149. The number of nitrogens with zero attached hydrogens (tertiary/aromatic N) is 1. The van der Waals surface area contributed by atoms with Crippen molar-refractivity contribution in [2.24, 2.45) is 5.73 Å². The Balaban J connectivity index is 2.42. The Bertz CT molecular complexity index is 598. The highest BCUT2D eigenvalue weighted by Gasteiger charge is 2.14. The number of Topliss-reactive ketones (excluding diaryl/α,β-unsaturated/α-hetero) is 1. The molecular weight excluding hydrogens is 296 g/mol. The van der Waals surface area contributed by atoms with Gasteiger partial charge in [0.05, 0.1) is 0 Å². The smallest absolute Gasteiger partial charge is 0.344 e. The van der Waals surface area contributed by atoms with E-state index in [0.717, 1.165) is 0 Å². The Kier molecular flexibility index (Phi) is 6.24. The summed E-state index contributed by atoms with van der Waals surface area (Å²) in [5.41, 5.74) is 5.22. The highest BCUT2D eigenvalue weighted by Crippen LogP contribution is 2.15. The van der Waals surface area contributed by atoms with Crippen molar-refractivity contribution in [3.63, 3.8) is 0 Å². The van der Waals surface area contributed by atoms with Crippen LogP contribution in [0.3, 0.4) is 0 Å². The first-order valence-electron chi connectivity index (χ1n) is 5.87. The van der Waals surface area contributed by atoms with Crippen LogP contribution in [0.1, 0.15) is 6.92 Å². The van der Waals surface area contributed by atoms with Crippen LogP contribution in [-0.4, -0.2) is 25.0 Å². The van der Waals surface area contributed by atoms with E-state index in [0.29, 0.717) is 10.8 Å². The molecule has 7 heteroatoms. The fraction of sp³-hybridized carbons (Fsp3) is 0.214. The second kappa shape index (κ2) is 7.92. The highest BCUT2D eigenvalue weighted by molar-refractivity contribution is 6.30. The Morgan fingerprint density at radius 3 is 2.43 bits per heavy atom. The molecule has 0 atom stereocenters. The fourth-order valence-electron chi connectivity index (χ4n) is 1.30. The summed E-state index contributed by atoms with van der Waals surface area (Å²) >= 11 is 5.70. The molecule has 1 aromatic carbocycles. The lowest BCUT2D eigenvalue weighted by Gasteiger charge is -2.06. The summed E-state index contributed by atoms with van der Waals surface area (Å²) in [5, 5.41) is 9.27. The summed E-state index contributed by atoms with van der Waals surface area (Å²) in [6, 6.07) is 8.06. The van der Waals surface area contributed by atoms with Crippen molar-refractivity contribution in [1.29, 1.82) is 5.26 Å². The minimum Gasteiger partial charge on any atom is -0.482 e. The number of nitrogens with two attached hydrogens (primary N) is 1. The Labute approximate surface area is 126 Å². The minimum atomic E-state index is -0.731. The average Bonchev–Trinajstić information content (AvgIpc) is 2.45. The number of nitriles is 1. The van der Waals surface area contributed by atoms with Crippen LogP contribution in [0.15, 0.2) is 35.5 Å². The summed E-state index contributed by atoms with van der Waals surface area (Å²) < 4.78 is 9.85. The Morgan fingerprint density at radius 1 is 1.29 bits per heavy atom. The first kappa shape index (κ1) is 16.5. The Hall–Kier alpha value is -2.52. The largest absolute Gasteiger partial charge is 0.482 e. The van der Waals surface area contributed by atoms with Crippen LogP contribution >= 0.6 is 11.6 Å². The molecule has 0 unspecified atom stereocenters. The first-order valence-corrected chi connectivity index (χ1v) is 6.25. The fourth-order valence-corrected chi connectivity index (χ4v) is 1.43. The molecule has 21 heavy (non-hydrogen) atoms. The van der Waals surface area contributed by atoms with Gasteiger partial charge in [-0.05, 0) is 31.2 Å². The average molecular weight is 309 g/mol. The molecule has 0 aliphatic rings. The van der Waals surface area contributed by atoms with Gasteiger partial charge in [-0.15, -0.1) is 0 Å². The van der Waals surface area contributed by atoms with Crippen molar-refractivity contribution in [2.45, 2.75) is 6.92 Å². The Morgan fingerprint density at radius 2 is 1.90 bits per heavy atom. The van der Waals surface area contributed by atoms with Gasteiger partial charge >= 0.3 is 5.97 Å². The number of esters is 1. The topological polar surface area (TPSA) is 102 Å². The lowest BCUT2D eigenvalue weighted by Crippen LogP contribution is -2.21. The normalized spacial score (nSPS) is 11.1. The van der Waals surface area contributed by atoms with Gasteiger partial charge in [-0.1, -0.05) is 11.6 Å². The number of halogens is 1. The second-order valence-electron chi connectivity index (χ2n) is 4.00. The molecule has 0 amide bonds. The van der Waals surface area contributed by atoms with E-state index in [-0.39, 0.29) is 17.9 Å².